The number of aliphatic carboxylic acids is 3. The van der Waals surface area contributed by atoms with E-state index >= 15 is 0 Å². The standard InChI is InChI=1S/C15H21NO2.C14H19NO2.C12H23NO2/c16-11-15(10-14(17)18)7-6-13(9-15)8-12-4-2-1-3-5-12;15-10-14(9-13(16)17)7-6-12(8-14)11-4-2-1-3-5-11;1-11(2,3)9-4-5-12(6-9,8-13)7-10(14)15/h1-5,13H,6-11,16H2,(H,17,18);1-5,12H,6-10,15H2,(H,16,17);9H,4-8,13H2,1-3H3,(H,14,15)/t;;9-,12+/m..0/s1. The van der Waals surface area contributed by atoms with Crippen LogP contribution >= 0.6 is 0 Å². The third-order valence-corrected chi connectivity index (χ3v) is 12.0. The largest absolute Gasteiger partial charge is 0.481 e. The van der Waals surface area contributed by atoms with Crippen LogP contribution in [0.25, 0.3) is 0 Å². The van der Waals surface area contributed by atoms with Crippen molar-refractivity contribution in [3.8, 4) is 0 Å². The van der Waals surface area contributed by atoms with E-state index in [4.69, 9.17) is 32.5 Å². The molecule has 3 saturated carbocycles. The Kier molecular flexibility index (Phi) is 15.1. The number of hydrogen-bond donors (Lipinski definition) is 6. The summed E-state index contributed by atoms with van der Waals surface area (Å²) in [6, 6.07) is 20.7. The Morgan fingerprint density at radius 1 is 0.640 bits per heavy atom. The molecular formula is C41H63N3O6. The summed E-state index contributed by atoms with van der Waals surface area (Å²) < 4.78 is 0. The first-order valence-electron chi connectivity index (χ1n) is 18.4. The molecular weight excluding hydrogens is 630 g/mol. The van der Waals surface area contributed by atoms with Gasteiger partial charge in [0.1, 0.15) is 0 Å². The molecule has 2 aromatic rings. The van der Waals surface area contributed by atoms with Crippen molar-refractivity contribution < 1.29 is 29.7 Å². The third-order valence-electron chi connectivity index (χ3n) is 12.0. The molecule has 50 heavy (non-hydrogen) atoms. The van der Waals surface area contributed by atoms with Crippen LogP contribution in [0.4, 0.5) is 0 Å². The van der Waals surface area contributed by atoms with Crippen LogP contribution in [0.3, 0.4) is 0 Å². The first-order chi connectivity index (χ1) is 23.6. The van der Waals surface area contributed by atoms with Gasteiger partial charge in [-0.15, -0.1) is 0 Å². The summed E-state index contributed by atoms with van der Waals surface area (Å²) in [5.74, 6) is -0.505. The Morgan fingerprint density at radius 2 is 1.08 bits per heavy atom. The number of carbonyl (C=O) groups is 3. The van der Waals surface area contributed by atoms with E-state index in [1.54, 1.807) is 0 Å². The van der Waals surface area contributed by atoms with Crippen LogP contribution in [0.2, 0.25) is 0 Å². The first kappa shape index (κ1) is 41.2. The summed E-state index contributed by atoms with van der Waals surface area (Å²) in [6.07, 6.45) is 10.6. The Bertz CT molecular complexity index is 1370. The van der Waals surface area contributed by atoms with Crippen LogP contribution in [0, 0.1) is 33.5 Å². The number of carboxylic acid groups (broad SMARTS) is 3. The van der Waals surface area contributed by atoms with Crippen molar-refractivity contribution in [2.75, 3.05) is 19.6 Å². The molecule has 3 aliphatic carbocycles. The quantitative estimate of drug-likeness (QED) is 0.135. The van der Waals surface area contributed by atoms with E-state index < -0.39 is 17.9 Å². The highest BCUT2D eigenvalue weighted by atomic mass is 16.4. The molecule has 5 rings (SSSR count). The van der Waals surface area contributed by atoms with Crippen molar-refractivity contribution in [1.82, 2.24) is 0 Å². The van der Waals surface area contributed by atoms with Crippen LogP contribution in [-0.4, -0.2) is 52.9 Å². The van der Waals surface area contributed by atoms with Crippen molar-refractivity contribution in [3.05, 3.63) is 71.8 Å². The number of rotatable bonds is 12. The van der Waals surface area contributed by atoms with Crippen molar-refractivity contribution >= 4 is 17.9 Å². The lowest BCUT2D eigenvalue weighted by atomic mass is 9.75. The zero-order valence-corrected chi connectivity index (χ0v) is 30.6. The number of carboxylic acids is 3. The fourth-order valence-corrected chi connectivity index (χ4v) is 8.83. The van der Waals surface area contributed by atoms with E-state index in [2.05, 4.69) is 57.2 Å². The number of benzene rings is 2. The molecule has 0 aromatic heterocycles. The molecule has 0 amide bonds. The second kappa shape index (κ2) is 18.3. The van der Waals surface area contributed by atoms with Gasteiger partial charge in [0, 0.05) is 0 Å². The Labute approximate surface area is 299 Å². The predicted molar refractivity (Wildman–Crippen MR) is 199 cm³/mol. The van der Waals surface area contributed by atoms with Crippen LogP contribution in [-0.2, 0) is 20.8 Å². The van der Waals surface area contributed by atoms with Crippen molar-refractivity contribution in [1.29, 1.82) is 0 Å². The van der Waals surface area contributed by atoms with Gasteiger partial charge in [0.15, 0.2) is 0 Å². The minimum Gasteiger partial charge on any atom is -0.481 e. The summed E-state index contributed by atoms with van der Waals surface area (Å²) >= 11 is 0. The highest BCUT2D eigenvalue weighted by Gasteiger charge is 2.44. The molecule has 4 unspecified atom stereocenters. The third kappa shape index (κ3) is 12.2. The maximum Gasteiger partial charge on any atom is 0.303 e. The average molecular weight is 694 g/mol. The SMILES string of the molecule is CC(C)(C)[C@H]1CC[C@](CN)(CC(=O)O)C1.NCC1(CC(=O)O)CCC(Cc2ccccc2)C1.NCC1(CC(=O)O)CCC(c2ccccc2)C1. The fourth-order valence-electron chi connectivity index (χ4n) is 8.83. The van der Waals surface area contributed by atoms with Gasteiger partial charge in [-0.2, -0.15) is 0 Å². The van der Waals surface area contributed by atoms with Crippen LogP contribution < -0.4 is 17.2 Å². The average Bonchev–Trinajstić information content (AvgIpc) is 3.80. The van der Waals surface area contributed by atoms with E-state index in [9.17, 15) is 14.4 Å². The monoisotopic (exact) mass is 693 g/mol. The molecule has 0 saturated heterocycles. The lowest BCUT2D eigenvalue weighted by Gasteiger charge is -2.30. The minimum absolute atomic E-state index is 0.135. The summed E-state index contributed by atoms with van der Waals surface area (Å²) in [7, 11) is 0. The van der Waals surface area contributed by atoms with E-state index in [1.165, 1.54) is 11.1 Å². The van der Waals surface area contributed by atoms with E-state index in [-0.39, 0.29) is 40.9 Å². The molecule has 0 spiro atoms. The zero-order chi connectivity index (χ0) is 37.0. The van der Waals surface area contributed by atoms with Crippen LogP contribution in [0.1, 0.15) is 115 Å². The smallest absolute Gasteiger partial charge is 0.303 e. The Morgan fingerprint density at radius 3 is 1.54 bits per heavy atom. The van der Waals surface area contributed by atoms with Crippen LogP contribution in [0.15, 0.2) is 60.7 Å². The predicted octanol–water partition coefficient (Wildman–Crippen LogP) is 7.08. The summed E-state index contributed by atoms with van der Waals surface area (Å²) in [6.45, 7) is 8.15. The van der Waals surface area contributed by atoms with E-state index in [1.807, 2.05) is 24.3 Å². The fraction of sp³-hybridized carbons (Fsp3) is 0.634. The molecule has 9 N–H and O–H groups in total. The van der Waals surface area contributed by atoms with Gasteiger partial charge < -0.3 is 32.5 Å². The van der Waals surface area contributed by atoms with Crippen molar-refractivity contribution in [2.45, 2.75) is 110 Å². The topological polar surface area (TPSA) is 190 Å². The summed E-state index contributed by atoms with van der Waals surface area (Å²) in [5.41, 5.74) is 19.8. The molecule has 0 radical (unpaired) electrons. The summed E-state index contributed by atoms with van der Waals surface area (Å²) in [5, 5.41) is 26.9. The van der Waals surface area contributed by atoms with Crippen molar-refractivity contribution in [3.63, 3.8) is 0 Å². The number of hydrogen-bond acceptors (Lipinski definition) is 6. The van der Waals surface area contributed by atoms with Crippen molar-refractivity contribution in [2.24, 2.45) is 50.7 Å². The molecule has 6 atom stereocenters. The molecule has 0 heterocycles. The molecule has 278 valence electrons. The highest BCUT2D eigenvalue weighted by molar-refractivity contribution is 5.68. The second-order valence-electron chi connectivity index (χ2n) is 16.8. The Hall–Kier alpha value is -3.27. The Balaban J connectivity index is 0.000000204. The summed E-state index contributed by atoms with van der Waals surface area (Å²) in [4.78, 5) is 32.7. The number of nitrogens with two attached hydrogens (primary N) is 3. The molecule has 0 aliphatic heterocycles. The molecule has 3 fully saturated rings. The van der Waals surface area contributed by atoms with Gasteiger partial charge in [0.05, 0.1) is 19.3 Å². The van der Waals surface area contributed by atoms with E-state index in [0.29, 0.717) is 37.4 Å². The van der Waals surface area contributed by atoms with Gasteiger partial charge in [0.2, 0.25) is 0 Å². The molecule has 9 heteroatoms. The molecule has 2 aromatic carbocycles. The molecule has 3 aliphatic rings. The lowest BCUT2D eigenvalue weighted by molar-refractivity contribution is -0.140. The maximum atomic E-state index is 10.9. The minimum atomic E-state index is -0.732. The van der Waals surface area contributed by atoms with Gasteiger partial charge in [-0.1, -0.05) is 81.4 Å². The first-order valence-corrected chi connectivity index (χ1v) is 18.4. The van der Waals surface area contributed by atoms with Gasteiger partial charge in [-0.25, -0.2) is 0 Å². The zero-order valence-electron chi connectivity index (χ0n) is 30.6. The van der Waals surface area contributed by atoms with Gasteiger partial charge in [0.25, 0.3) is 0 Å². The molecule has 0 bridgehead atoms. The normalized spacial score (nSPS) is 29.0. The lowest BCUT2D eigenvalue weighted by Crippen LogP contribution is -2.31. The van der Waals surface area contributed by atoms with Gasteiger partial charge >= 0.3 is 17.9 Å². The second-order valence-corrected chi connectivity index (χ2v) is 16.8. The molecule has 9 nitrogen and oxygen atoms in total. The maximum absolute atomic E-state index is 10.9. The highest BCUT2D eigenvalue weighted by Crippen LogP contribution is 2.50. The van der Waals surface area contributed by atoms with Crippen LogP contribution in [0.5, 0.6) is 0 Å². The van der Waals surface area contributed by atoms with E-state index in [0.717, 1.165) is 64.2 Å². The van der Waals surface area contributed by atoms with Gasteiger partial charge in [-0.3, -0.25) is 14.4 Å². The van der Waals surface area contributed by atoms with Gasteiger partial charge in [-0.05, 0) is 134 Å².